The Bertz CT molecular complexity index is 216. The zero-order valence-corrected chi connectivity index (χ0v) is 9.00. The van der Waals surface area contributed by atoms with Crippen molar-refractivity contribution < 1.29 is 9.53 Å². The first-order valence-corrected chi connectivity index (χ1v) is 4.41. The largest absolute Gasteiger partial charge is 0.361 e. The lowest BCUT2D eigenvalue weighted by Crippen LogP contribution is -2.60. The summed E-state index contributed by atoms with van der Waals surface area (Å²) in [5.74, 6) is 0. The van der Waals surface area contributed by atoms with Crippen molar-refractivity contribution in [2.45, 2.75) is 20.1 Å². The second kappa shape index (κ2) is 3.18. The second-order valence-corrected chi connectivity index (χ2v) is 4.33. The molecular weight excluding hydrogens is 168 g/mol. The Hall–Kier alpha value is -0.770. The number of carbonyl (C=O) groups is 1. The molecule has 0 N–H and O–H groups in total. The fourth-order valence-corrected chi connectivity index (χ4v) is 2.13. The van der Waals surface area contributed by atoms with Crippen LogP contribution in [0.4, 0.5) is 4.79 Å². The first-order valence-electron chi connectivity index (χ1n) is 4.41. The van der Waals surface area contributed by atoms with Crippen molar-refractivity contribution in [3.8, 4) is 0 Å². The lowest BCUT2D eigenvalue weighted by Gasteiger charge is -2.47. The maximum atomic E-state index is 11.6. The summed E-state index contributed by atoms with van der Waals surface area (Å²) < 4.78 is 5.32. The quantitative estimate of drug-likeness (QED) is 0.611. The maximum Gasteiger partial charge on any atom is 0.321 e. The van der Waals surface area contributed by atoms with E-state index >= 15 is 0 Å². The van der Waals surface area contributed by atoms with Crippen LogP contribution in [0, 0.1) is 5.41 Å². The number of nitrogens with zero attached hydrogens (tertiary/aromatic N) is 2. The molecule has 0 aromatic carbocycles. The third kappa shape index (κ3) is 1.63. The van der Waals surface area contributed by atoms with E-state index in [0.29, 0.717) is 0 Å². The average molecular weight is 186 g/mol. The first kappa shape index (κ1) is 10.3. The highest BCUT2D eigenvalue weighted by molar-refractivity contribution is 5.75. The maximum absolute atomic E-state index is 11.6. The van der Waals surface area contributed by atoms with E-state index in [0.717, 1.165) is 6.54 Å². The number of methoxy groups -OCH3 is 1. The van der Waals surface area contributed by atoms with Crippen LogP contribution in [-0.4, -0.2) is 49.8 Å². The van der Waals surface area contributed by atoms with Gasteiger partial charge in [0, 0.05) is 33.2 Å². The number of ether oxygens (including phenoxy) is 1. The molecule has 0 bridgehead atoms. The van der Waals surface area contributed by atoms with E-state index in [1.807, 2.05) is 7.05 Å². The minimum absolute atomic E-state index is 0.0196. The van der Waals surface area contributed by atoms with Crippen LogP contribution in [0.15, 0.2) is 0 Å². The second-order valence-electron chi connectivity index (χ2n) is 4.33. The molecule has 76 valence electrons. The number of rotatable bonds is 1. The summed E-state index contributed by atoms with van der Waals surface area (Å²) in [5.41, 5.74) is -0.0217. The summed E-state index contributed by atoms with van der Waals surface area (Å²) in [5, 5.41) is 0. The molecule has 0 saturated carbocycles. The highest BCUT2D eigenvalue weighted by Gasteiger charge is 2.42. The molecule has 13 heavy (non-hydrogen) atoms. The molecule has 1 rings (SSSR count). The summed E-state index contributed by atoms with van der Waals surface area (Å²) in [6.45, 7) is 4.93. The standard InChI is InChI=1S/C9H18N2O2/c1-9(2)6-10(3)8(12)11(4)7(9)13-5/h7H,6H2,1-5H3. The Balaban J connectivity index is 2.88. The van der Waals surface area contributed by atoms with Gasteiger partial charge in [-0.25, -0.2) is 4.79 Å². The van der Waals surface area contributed by atoms with Gasteiger partial charge in [0.05, 0.1) is 0 Å². The average Bonchev–Trinajstić information content (AvgIpc) is 2.00. The molecule has 4 heteroatoms. The van der Waals surface area contributed by atoms with Gasteiger partial charge in [0.1, 0.15) is 6.23 Å². The fraction of sp³-hybridized carbons (Fsp3) is 0.889. The number of hydrogen-bond donors (Lipinski definition) is 0. The number of hydrogen-bond acceptors (Lipinski definition) is 2. The van der Waals surface area contributed by atoms with Crippen molar-refractivity contribution in [3.63, 3.8) is 0 Å². The lowest BCUT2D eigenvalue weighted by molar-refractivity contribution is -0.105. The van der Waals surface area contributed by atoms with Crippen LogP contribution in [0.1, 0.15) is 13.8 Å². The van der Waals surface area contributed by atoms with E-state index in [1.54, 1.807) is 24.0 Å². The van der Waals surface area contributed by atoms with Gasteiger partial charge in [-0.3, -0.25) is 0 Å². The van der Waals surface area contributed by atoms with Crippen LogP contribution >= 0.6 is 0 Å². The summed E-state index contributed by atoms with van der Waals surface area (Å²) >= 11 is 0. The molecule has 2 amide bonds. The zero-order valence-electron chi connectivity index (χ0n) is 9.00. The molecule has 1 aliphatic heterocycles. The van der Waals surface area contributed by atoms with Gasteiger partial charge in [0.25, 0.3) is 0 Å². The van der Waals surface area contributed by atoms with Crippen LogP contribution in [0.2, 0.25) is 0 Å². The van der Waals surface area contributed by atoms with E-state index in [1.165, 1.54) is 0 Å². The highest BCUT2D eigenvalue weighted by atomic mass is 16.5. The molecule has 0 aromatic rings. The first-order chi connectivity index (χ1) is 5.90. The molecule has 0 spiro atoms. The summed E-state index contributed by atoms with van der Waals surface area (Å²) in [6, 6.07) is 0.0196. The Kier molecular flexibility index (Phi) is 2.52. The predicted molar refractivity (Wildman–Crippen MR) is 50.4 cm³/mol. The minimum Gasteiger partial charge on any atom is -0.361 e. The van der Waals surface area contributed by atoms with Gasteiger partial charge in [-0.1, -0.05) is 13.8 Å². The van der Waals surface area contributed by atoms with Crippen molar-refractivity contribution in [2.75, 3.05) is 27.7 Å². The molecule has 1 atom stereocenters. The van der Waals surface area contributed by atoms with Gasteiger partial charge in [-0.05, 0) is 0 Å². The molecule has 1 saturated heterocycles. The van der Waals surface area contributed by atoms with Crippen molar-refractivity contribution in [2.24, 2.45) is 5.41 Å². The van der Waals surface area contributed by atoms with Gasteiger partial charge in [0.15, 0.2) is 0 Å². The number of carbonyl (C=O) groups excluding carboxylic acids is 1. The van der Waals surface area contributed by atoms with Crippen molar-refractivity contribution in [1.82, 2.24) is 9.80 Å². The van der Waals surface area contributed by atoms with Crippen molar-refractivity contribution >= 4 is 6.03 Å². The Morgan fingerprint density at radius 1 is 1.46 bits per heavy atom. The van der Waals surface area contributed by atoms with Crippen LogP contribution < -0.4 is 0 Å². The lowest BCUT2D eigenvalue weighted by atomic mass is 9.88. The van der Waals surface area contributed by atoms with E-state index in [9.17, 15) is 4.79 Å². The van der Waals surface area contributed by atoms with Crippen molar-refractivity contribution in [3.05, 3.63) is 0 Å². The molecule has 0 radical (unpaired) electrons. The van der Waals surface area contributed by atoms with Crippen molar-refractivity contribution in [1.29, 1.82) is 0 Å². The predicted octanol–water partition coefficient (Wildman–Crippen LogP) is 0.982. The number of amides is 2. The van der Waals surface area contributed by atoms with E-state index in [2.05, 4.69) is 13.8 Å². The van der Waals surface area contributed by atoms with Gasteiger partial charge in [-0.15, -0.1) is 0 Å². The summed E-state index contributed by atoms with van der Waals surface area (Å²) in [6.07, 6.45) is -0.129. The summed E-state index contributed by atoms with van der Waals surface area (Å²) in [7, 11) is 5.22. The molecule has 4 nitrogen and oxygen atoms in total. The SMILES string of the molecule is COC1N(C)C(=O)N(C)CC1(C)C. The van der Waals surface area contributed by atoms with Gasteiger partial charge < -0.3 is 14.5 Å². The van der Waals surface area contributed by atoms with Gasteiger partial charge in [0.2, 0.25) is 0 Å². The van der Waals surface area contributed by atoms with Gasteiger partial charge >= 0.3 is 6.03 Å². The summed E-state index contributed by atoms with van der Waals surface area (Å²) in [4.78, 5) is 14.9. The van der Waals surface area contributed by atoms with Crippen LogP contribution in [0.3, 0.4) is 0 Å². The van der Waals surface area contributed by atoms with Gasteiger partial charge in [-0.2, -0.15) is 0 Å². The van der Waals surface area contributed by atoms with Crippen LogP contribution in [0.5, 0.6) is 0 Å². The Morgan fingerprint density at radius 2 is 2.00 bits per heavy atom. The molecule has 0 aromatic heterocycles. The Labute approximate surface area is 79.4 Å². The smallest absolute Gasteiger partial charge is 0.321 e. The topological polar surface area (TPSA) is 32.8 Å². The van der Waals surface area contributed by atoms with E-state index in [-0.39, 0.29) is 17.7 Å². The minimum atomic E-state index is -0.129. The third-order valence-corrected chi connectivity index (χ3v) is 2.52. The number of urea groups is 1. The van der Waals surface area contributed by atoms with E-state index in [4.69, 9.17) is 4.74 Å². The normalized spacial score (nSPS) is 28.1. The molecular formula is C9H18N2O2. The zero-order chi connectivity index (χ0) is 10.2. The molecule has 1 unspecified atom stereocenters. The molecule has 1 fully saturated rings. The fourth-order valence-electron chi connectivity index (χ4n) is 2.13. The molecule has 1 aliphatic rings. The highest BCUT2D eigenvalue weighted by Crippen LogP contribution is 2.30. The van der Waals surface area contributed by atoms with Crippen LogP contribution in [0.25, 0.3) is 0 Å². The molecule has 0 aliphatic carbocycles. The monoisotopic (exact) mass is 186 g/mol. The third-order valence-electron chi connectivity index (χ3n) is 2.52. The van der Waals surface area contributed by atoms with Crippen LogP contribution in [-0.2, 0) is 4.74 Å². The Morgan fingerprint density at radius 3 is 2.46 bits per heavy atom. The molecule has 1 heterocycles. The van der Waals surface area contributed by atoms with E-state index < -0.39 is 0 Å².